The van der Waals surface area contributed by atoms with Gasteiger partial charge in [-0.1, -0.05) is 84.9 Å². The minimum Gasteiger partial charge on any atom is -0.471 e. The van der Waals surface area contributed by atoms with E-state index in [-0.39, 0.29) is 0 Å². The summed E-state index contributed by atoms with van der Waals surface area (Å²) >= 11 is 0. The first kappa shape index (κ1) is 14.9. The van der Waals surface area contributed by atoms with Crippen molar-refractivity contribution in [2.75, 3.05) is 0 Å². The Bertz CT molecular complexity index is 1060. The Morgan fingerprint density at radius 3 is 2.08 bits per heavy atom. The van der Waals surface area contributed by atoms with Gasteiger partial charge in [0.25, 0.3) is 0 Å². The third kappa shape index (κ3) is 2.23. The Labute approximate surface area is 152 Å². The highest BCUT2D eigenvalue weighted by Gasteiger charge is 2.37. The second kappa shape index (κ2) is 5.85. The van der Waals surface area contributed by atoms with Gasteiger partial charge in [0.05, 0.1) is 0 Å². The molecule has 0 fully saturated rings. The first-order chi connectivity index (χ1) is 12.9. The molecule has 26 heavy (non-hydrogen) atoms. The number of benzene rings is 3. The molecule has 2 nitrogen and oxygen atoms in total. The maximum absolute atomic E-state index is 6.76. The smallest absolute Gasteiger partial charge is 0.178 e. The van der Waals surface area contributed by atoms with E-state index >= 15 is 0 Å². The molecule has 5 rings (SSSR count). The van der Waals surface area contributed by atoms with E-state index in [1.165, 1.54) is 0 Å². The van der Waals surface area contributed by atoms with Gasteiger partial charge in [0, 0.05) is 28.3 Å². The highest BCUT2D eigenvalue weighted by Crippen LogP contribution is 2.44. The van der Waals surface area contributed by atoms with Crippen LogP contribution >= 0.6 is 0 Å². The van der Waals surface area contributed by atoms with Crippen LogP contribution in [0.5, 0.6) is 5.75 Å². The van der Waals surface area contributed by atoms with E-state index in [0.717, 1.165) is 33.3 Å². The predicted molar refractivity (Wildman–Crippen MR) is 105 cm³/mol. The van der Waals surface area contributed by atoms with Crippen LogP contribution < -0.4 is 4.74 Å². The third-order valence-electron chi connectivity index (χ3n) is 4.92. The summed E-state index contributed by atoms with van der Waals surface area (Å²) < 4.78 is 6.76. The van der Waals surface area contributed by atoms with Crippen LogP contribution in [0.25, 0.3) is 17.0 Å². The molecule has 1 aromatic heterocycles. The van der Waals surface area contributed by atoms with E-state index in [1.54, 1.807) is 0 Å². The maximum Gasteiger partial charge on any atom is 0.178 e. The monoisotopic (exact) mass is 335 g/mol. The van der Waals surface area contributed by atoms with Gasteiger partial charge >= 0.3 is 0 Å². The molecule has 1 aliphatic heterocycles. The van der Waals surface area contributed by atoms with Crippen LogP contribution in [-0.4, -0.2) is 4.98 Å². The number of ether oxygens (including phenoxy) is 1. The molecule has 0 spiro atoms. The van der Waals surface area contributed by atoms with Crippen molar-refractivity contribution in [3.63, 3.8) is 0 Å². The molecule has 0 bridgehead atoms. The summed E-state index contributed by atoms with van der Waals surface area (Å²) in [5.41, 5.74) is 3.48. The van der Waals surface area contributed by atoms with Gasteiger partial charge in [0.15, 0.2) is 11.4 Å². The van der Waals surface area contributed by atoms with Gasteiger partial charge in [-0.25, -0.2) is 0 Å². The number of pyridine rings is 1. The van der Waals surface area contributed by atoms with Crippen molar-refractivity contribution in [3.05, 3.63) is 114 Å². The molecule has 4 aromatic rings. The van der Waals surface area contributed by atoms with Gasteiger partial charge in [-0.3, -0.25) is 4.98 Å². The number of nitrogens with zero attached hydrogens (tertiary/aromatic N) is 1. The Kier molecular flexibility index (Phi) is 3.36. The van der Waals surface area contributed by atoms with E-state index in [4.69, 9.17) is 4.74 Å². The molecule has 2 heteroatoms. The average molecular weight is 335 g/mol. The SMILES string of the molecule is C1=CC(c2ccccc2)(c2ccccc2)Oc2c1ccc1cccnc21. The highest BCUT2D eigenvalue weighted by molar-refractivity contribution is 5.89. The summed E-state index contributed by atoms with van der Waals surface area (Å²) in [4.78, 5) is 4.59. The van der Waals surface area contributed by atoms with Crippen LogP contribution in [-0.2, 0) is 5.60 Å². The minimum absolute atomic E-state index is 0.665. The molecular weight excluding hydrogens is 318 g/mol. The molecular formula is C24H17NO. The summed E-state index contributed by atoms with van der Waals surface area (Å²) in [6.07, 6.45) is 6.11. The summed E-state index contributed by atoms with van der Waals surface area (Å²) in [7, 11) is 0. The normalized spacial score (nSPS) is 14.6. The second-order valence-electron chi connectivity index (χ2n) is 6.46. The Hall–Kier alpha value is -3.39. The summed E-state index contributed by atoms with van der Waals surface area (Å²) in [6, 6.07) is 28.9. The van der Waals surface area contributed by atoms with Gasteiger partial charge in [-0.05, 0) is 12.1 Å². The fourth-order valence-corrected chi connectivity index (χ4v) is 3.62. The molecule has 2 heterocycles. The number of fused-ring (bicyclic) bond motifs is 3. The number of rotatable bonds is 2. The lowest BCUT2D eigenvalue weighted by Gasteiger charge is -2.36. The Morgan fingerprint density at radius 2 is 1.38 bits per heavy atom. The average Bonchev–Trinajstić information content (AvgIpc) is 2.74. The molecule has 0 unspecified atom stereocenters. The van der Waals surface area contributed by atoms with Gasteiger partial charge in [0.1, 0.15) is 5.52 Å². The van der Waals surface area contributed by atoms with Crippen molar-refractivity contribution in [2.24, 2.45) is 0 Å². The van der Waals surface area contributed by atoms with Crippen LogP contribution in [0.4, 0.5) is 0 Å². The summed E-state index contributed by atoms with van der Waals surface area (Å²) in [5, 5.41) is 1.08. The van der Waals surface area contributed by atoms with Crippen molar-refractivity contribution >= 4 is 17.0 Å². The minimum atomic E-state index is -0.665. The van der Waals surface area contributed by atoms with Crippen LogP contribution in [0.2, 0.25) is 0 Å². The van der Waals surface area contributed by atoms with Crippen molar-refractivity contribution in [1.29, 1.82) is 0 Å². The first-order valence-corrected chi connectivity index (χ1v) is 8.74. The molecule has 0 amide bonds. The molecule has 3 aromatic carbocycles. The molecule has 0 saturated carbocycles. The zero-order valence-electron chi connectivity index (χ0n) is 14.2. The standard InChI is InChI=1S/C24H17NO/c1-3-9-20(10-4-1)24(21-11-5-2-6-12-21)16-15-19-14-13-18-8-7-17-25-22(18)23(19)26-24/h1-17H. The lowest BCUT2D eigenvalue weighted by atomic mass is 9.83. The lowest BCUT2D eigenvalue weighted by molar-refractivity contribution is 0.163. The fourth-order valence-electron chi connectivity index (χ4n) is 3.62. The molecule has 0 atom stereocenters. The van der Waals surface area contributed by atoms with E-state index in [9.17, 15) is 0 Å². The zero-order valence-corrected chi connectivity index (χ0v) is 14.2. The lowest BCUT2D eigenvalue weighted by Crippen LogP contribution is -2.34. The van der Waals surface area contributed by atoms with Crippen molar-refractivity contribution in [1.82, 2.24) is 4.98 Å². The van der Waals surface area contributed by atoms with E-state index in [0.29, 0.717) is 0 Å². The highest BCUT2D eigenvalue weighted by atomic mass is 16.5. The quantitative estimate of drug-likeness (QED) is 0.477. The Balaban J connectivity index is 1.78. The third-order valence-corrected chi connectivity index (χ3v) is 4.92. The van der Waals surface area contributed by atoms with E-state index < -0.39 is 5.60 Å². The molecule has 0 saturated heterocycles. The first-order valence-electron chi connectivity index (χ1n) is 8.74. The fraction of sp³-hybridized carbons (Fsp3) is 0.0417. The summed E-state index contributed by atoms with van der Waals surface area (Å²) in [6.45, 7) is 0. The van der Waals surface area contributed by atoms with Gasteiger partial charge < -0.3 is 4.74 Å². The maximum atomic E-state index is 6.76. The van der Waals surface area contributed by atoms with Crippen LogP contribution in [0.3, 0.4) is 0 Å². The second-order valence-corrected chi connectivity index (χ2v) is 6.46. The zero-order chi connectivity index (χ0) is 17.4. The van der Waals surface area contributed by atoms with Crippen LogP contribution in [0.1, 0.15) is 16.7 Å². The molecule has 124 valence electrons. The van der Waals surface area contributed by atoms with Gasteiger partial charge in [-0.15, -0.1) is 0 Å². The van der Waals surface area contributed by atoms with Crippen molar-refractivity contribution in [3.8, 4) is 5.75 Å². The van der Waals surface area contributed by atoms with Crippen LogP contribution in [0, 0.1) is 0 Å². The topological polar surface area (TPSA) is 22.1 Å². The number of hydrogen-bond acceptors (Lipinski definition) is 2. The largest absolute Gasteiger partial charge is 0.471 e. The van der Waals surface area contributed by atoms with Crippen molar-refractivity contribution < 1.29 is 4.74 Å². The van der Waals surface area contributed by atoms with E-state index in [1.807, 2.05) is 48.7 Å². The molecule has 0 radical (unpaired) electrons. The Morgan fingerprint density at radius 1 is 0.692 bits per heavy atom. The molecule has 0 aliphatic carbocycles. The number of aromatic nitrogens is 1. The van der Waals surface area contributed by atoms with Crippen molar-refractivity contribution in [2.45, 2.75) is 5.60 Å². The van der Waals surface area contributed by atoms with Crippen LogP contribution in [0.15, 0.2) is 97.2 Å². The molecule has 1 aliphatic rings. The van der Waals surface area contributed by atoms with E-state index in [2.05, 4.69) is 59.6 Å². The van der Waals surface area contributed by atoms with Gasteiger partial charge in [0.2, 0.25) is 0 Å². The predicted octanol–water partition coefficient (Wildman–Crippen LogP) is 5.58. The summed E-state index contributed by atoms with van der Waals surface area (Å²) in [5.74, 6) is 0.832. The molecule has 0 N–H and O–H groups in total. The number of hydrogen-bond donors (Lipinski definition) is 0. The van der Waals surface area contributed by atoms with Gasteiger partial charge in [-0.2, -0.15) is 0 Å².